The van der Waals surface area contributed by atoms with Gasteiger partial charge in [-0.25, -0.2) is 10.8 Å². The van der Waals surface area contributed by atoms with Gasteiger partial charge in [0.25, 0.3) is 0 Å². The molecule has 18 heavy (non-hydrogen) atoms. The number of nitrogens with one attached hydrogen (secondary N) is 1. The third kappa shape index (κ3) is 2.96. The van der Waals surface area contributed by atoms with Crippen molar-refractivity contribution in [2.45, 2.75) is 13.5 Å². The van der Waals surface area contributed by atoms with Crippen LogP contribution in [0.5, 0.6) is 5.88 Å². The molecule has 3 N–H and O–H groups in total. The Morgan fingerprint density at radius 1 is 1.39 bits per heavy atom. The number of hydrogen-bond donors (Lipinski definition) is 2. The van der Waals surface area contributed by atoms with Crippen molar-refractivity contribution in [2.24, 2.45) is 5.84 Å². The van der Waals surface area contributed by atoms with Crippen LogP contribution < -0.4 is 16.0 Å². The van der Waals surface area contributed by atoms with Crippen LogP contribution in [-0.2, 0) is 6.61 Å². The predicted octanol–water partition coefficient (Wildman–Crippen LogP) is 2.41. The Kier molecular flexibility index (Phi) is 4.11. The monoisotopic (exact) mass is 308 g/mol. The molecule has 1 aromatic carbocycles. The van der Waals surface area contributed by atoms with E-state index >= 15 is 0 Å². The quantitative estimate of drug-likeness (QED) is 0.670. The van der Waals surface area contributed by atoms with Crippen molar-refractivity contribution in [3.63, 3.8) is 0 Å². The average molecular weight is 309 g/mol. The molecule has 5 nitrogen and oxygen atoms in total. The molecule has 0 saturated heterocycles. The second kappa shape index (κ2) is 5.79. The second-order valence-corrected chi connectivity index (χ2v) is 4.56. The van der Waals surface area contributed by atoms with Crippen LogP contribution in [0, 0.1) is 6.92 Å². The maximum atomic E-state index is 5.67. The molecular formula is C12H13BrN4O. The molecule has 0 unspecified atom stereocenters. The molecule has 0 spiro atoms. The summed E-state index contributed by atoms with van der Waals surface area (Å²) in [6, 6.07) is 7.88. The average Bonchev–Trinajstić information content (AvgIpc) is 2.39. The lowest BCUT2D eigenvalue weighted by Gasteiger charge is -2.09. The van der Waals surface area contributed by atoms with Gasteiger partial charge in [0.15, 0.2) is 0 Å². The van der Waals surface area contributed by atoms with Gasteiger partial charge in [-0.1, -0.05) is 34.1 Å². The van der Waals surface area contributed by atoms with Crippen LogP contribution in [0.4, 0.5) is 5.95 Å². The number of aromatic nitrogens is 2. The van der Waals surface area contributed by atoms with Crippen molar-refractivity contribution in [2.75, 3.05) is 5.43 Å². The molecule has 1 aromatic heterocycles. The molecule has 1 heterocycles. The van der Waals surface area contributed by atoms with E-state index in [1.165, 1.54) is 0 Å². The van der Waals surface area contributed by atoms with Gasteiger partial charge < -0.3 is 4.74 Å². The van der Waals surface area contributed by atoms with Crippen molar-refractivity contribution in [1.82, 2.24) is 9.97 Å². The summed E-state index contributed by atoms with van der Waals surface area (Å²) < 4.78 is 6.68. The fourth-order valence-corrected chi connectivity index (χ4v) is 1.80. The molecule has 0 aliphatic rings. The first-order valence-electron chi connectivity index (χ1n) is 5.37. The third-order valence-corrected chi connectivity index (χ3v) is 3.15. The number of nitrogen functional groups attached to an aromatic ring is 1. The van der Waals surface area contributed by atoms with E-state index < -0.39 is 0 Å². The van der Waals surface area contributed by atoms with Crippen molar-refractivity contribution < 1.29 is 4.74 Å². The summed E-state index contributed by atoms with van der Waals surface area (Å²) in [7, 11) is 0. The zero-order valence-corrected chi connectivity index (χ0v) is 11.4. The SMILES string of the molecule is Cc1cnc(NN)nc1OCc1ccccc1Br. The number of hydrazine groups is 1. The zero-order valence-electron chi connectivity index (χ0n) is 9.85. The van der Waals surface area contributed by atoms with E-state index in [9.17, 15) is 0 Å². The lowest BCUT2D eigenvalue weighted by Crippen LogP contribution is -2.11. The fourth-order valence-electron chi connectivity index (χ4n) is 1.40. The number of aryl methyl sites for hydroxylation is 1. The Balaban J connectivity index is 2.13. The molecule has 0 fully saturated rings. The summed E-state index contributed by atoms with van der Waals surface area (Å²) in [5, 5.41) is 0. The van der Waals surface area contributed by atoms with Crippen LogP contribution >= 0.6 is 15.9 Å². The van der Waals surface area contributed by atoms with Gasteiger partial charge in [-0.15, -0.1) is 0 Å². The molecular weight excluding hydrogens is 296 g/mol. The first-order valence-corrected chi connectivity index (χ1v) is 6.16. The summed E-state index contributed by atoms with van der Waals surface area (Å²) >= 11 is 3.47. The predicted molar refractivity (Wildman–Crippen MR) is 73.1 cm³/mol. The van der Waals surface area contributed by atoms with E-state index in [-0.39, 0.29) is 0 Å². The topological polar surface area (TPSA) is 73.1 Å². The molecule has 0 atom stereocenters. The molecule has 0 bridgehead atoms. The lowest BCUT2D eigenvalue weighted by atomic mass is 10.2. The normalized spacial score (nSPS) is 10.2. The van der Waals surface area contributed by atoms with E-state index in [2.05, 4.69) is 31.3 Å². The number of hydrogen-bond acceptors (Lipinski definition) is 5. The summed E-state index contributed by atoms with van der Waals surface area (Å²) in [5.41, 5.74) is 4.31. The number of anilines is 1. The molecule has 2 aromatic rings. The maximum Gasteiger partial charge on any atom is 0.240 e. The van der Waals surface area contributed by atoms with Gasteiger partial charge in [0.1, 0.15) is 6.61 Å². The molecule has 6 heteroatoms. The number of nitrogens with two attached hydrogens (primary N) is 1. The standard InChI is InChI=1S/C12H13BrN4O/c1-8-6-15-12(17-14)16-11(8)18-7-9-4-2-3-5-10(9)13/h2-6H,7,14H2,1H3,(H,15,16,17). The van der Waals surface area contributed by atoms with Crippen LogP contribution in [0.3, 0.4) is 0 Å². The van der Waals surface area contributed by atoms with Crippen molar-refractivity contribution >= 4 is 21.9 Å². The van der Waals surface area contributed by atoms with Gasteiger partial charge in [0.05, 0.1) is 0 Å². The first kappa shape index (κ1) is 12.8. The highest BCUT2D eigenvalue weighted by Crippen LogP contribution is 2.20. The molecule has 0 saturated carbocycles. The van der Waals surface area contributed by atoms with Crippen molar-refractivity contribution in [3.8, 4) is 5.88 Å². The highest BCUT2D eigenvalue weighted by molar-refractivity contribution is 9.10. The maximum absolute atomic E-state index is 5.67. The number of ether oxygens (including phenoxy) is 1. The highest BCUT2D eigenvalue weighted by Gasteiger charge is 2.06. The van der Waals surface area contributed by atoms with E-state index in [0.29, 0.717) is 18.4 Å². The van der Waals surface area contributed by atoms with Gasteiger partial charge in [0.2, 0.25) is 11.8 Å². The number of halogens is 1. The molecule has 0 aliphatic heterocycles. The first-order chi connectivity index (χ1) is 8.70. The van der Waals surface area contributed by atoms with Gasteiger partial charge in [0, 0.05) is 21.8 Å². The molecule has 0 radical (unpaired) electrons. The van der Waals surface area contributed by atoms with Crippen LogP contribution in [0.25, 0.3) is 0 Å². The minimum atomic E-state index is 0.336. The largest absolute Gasteiger partial charge is 0.472 e. The minimum absolute atomic E-state index is 0.336. The summed E-state index contributed by atoms with van der Waals surface area (Å²) in [4.78, 5) is 8.14. The Labute approximate surface area is 113 Å². The Morgan fingerprint density at radius 2 is 2.17 bits per heavy atom. The van der Waals surface area contributed by atoms with Crippen molar-refractivity contribution in [3.05, 3.63) is 46.1 Å². The van der Waals surface area contributed by atoms with E-state index in [1.54, 1.807) is 6.20 Å². The van der Waals surface area contributed by atoms with Crippen LogP contribution in [-0.4, -0.2) is 9.97 Å². The molecule has 0 aliphatic carbocycles. The van der Waals surface area contributed by atoms with E-state index in [4.69, 9.17) is 10.6 Å². The fraction of sp³-hybridized carbons (Fsp3) is 0.167. The number of benzene rings is 1. The van der Waals surface area contributed by atoms with Crippen molar-refractivity contribution in [1.29, 1.82) is 0 Å². The molecule has 2 rings (SSSR count). The Morgan fingerprint density at radius 3 is 2.89 bits per heavy atom. The van der Waals surface area contributed by atoms with Gasteiger partial charge in [-0.2, -0.15) is 4.98 Å². The second-order valence-electron chi connectivity index (χ2n) is 3.71. The zero-order chi connectivity index (χ0) is 13.0. The number of nitrogens with zero attached hydrogens (tertiary/aromatic N) is 2. The van der Waals surface area contributed by atoms with Gasteiger partial charge >= 0.3 is 0 Å². The summed E-state index contributed by atoms with van der Waals surface area (Å²) in [6.07, 6.45) is 1.66. The Bertz CT molecular complexity index is 547. The lowest BCUT2D eigenvalue weighted by molar-refractivity contribution is 0.290. The van der Waals surface area contributed by atoms with Crippen LogP contribution in [0.1, 0.15) is 11.1 Å². The highest BCUT2D eigenvalue weighted by atomic mass is 79.9. The van der Waals surface area contributed by atoms with Gasteiger partial charge in [-0.3, -0.25) is 5.43 Å². The van der Waals surface area contributed by atoms with Crippen LogP contribution in [0.15, 0.2) is 34.9 Å². The summed E-state index contributed by atoms with van der Waals surface area (Å²) in [5.74, 6) is 6.12. The van der Waals surface area contributed by atoms with Crippen LogP contribution in [0.2, 0.25) is 0 Å². The van der Waals surface area contributed by atoms with Gasteiger partial charge in [-0.05, 0) is 13.0 Å². The van der Waals surface area contributed by atoms with E-state index in [0.717, 1.165) is 15.6 Å². The third-order valence-electron chi connectivity index (χ3n) is 2.38. The number of rotatable bonds is 4. The molecule has 94 valence electrons. The Hall–Kier alpha value is -1.66. The minimum Gasteiger partial charge on any atom is -0.472 e. The molecule has 0 amide bonds. The summed E-state index contributed by atoms with van der Waals surface area (Å²) in [6.45, 7) is 2.32. The van der Waals surface area contributed by atoms with E-state index in [1.807, 2.05) is 31.2 Å². The smallest absolute Gasteiger partial charge is 0.240 e.